The van der Waals surface area contributed by atoms with Gasteiger partial charge in [0.2, 0.25) is 21.8 Å². The van der Waals surface area contributed by atoms with E-state index in [1.807, 2.05) is 6.92 Å². The highest BCUT2D eigenvalue weighted by atomic mass is 32.2. The third-order valence-corrected chi connectivity index (χ3v) is 6.40. The fraction of sp³-hybridized carbons (Fsp3) is 0.333. The number of benzene rings is 2. The molecule has 0 unspecified atom stereocenters. The van der Waals surface area contributed by atoms with Gasteiger partial charge in [-0.2, -0.15) is 0 Å². The van der Waals surface area contributed by atoms with Crippen molar-refractivity contribution in [2.75, 3.05) is 23.9 Å². The maximum Gasteiger partial charge on any atom is 0.240 e. The molecule has 2 aromatic carbocycles. The largest absolute Gasteiger partial charge is 0.495 e. The van der Waals surface area contributed by atoms with Crippen LogP contribution in [0.25, 0.3) is 0 Å². The van der Waals surface area contributed by atoms with E-state index < -0.39 is 10.0 Å². The van der Waals surface area contributed by atoms with E-state index >= 15 is 0 Å². The molecule has 0 bridgehead atoms. The number of carbonyl (C=O) groups is 2. The Labute approximate surface area is 176 Å². The molecule has 2 aromatic rings. The summed E-state index contributed by atoms with van der Waals surface area (Å²) in [4.78, 5) is 25.8. The highest BCUT2D eigenvalue weighted by molar-refractivity contribution is 7.89. The van der Waals surface area contributed by atoms with Gasteiger partial charge >= 0.3 is 0 Å². The van der Waals surface area contributed by atoms with Gasteiger partial charge in [0.05, 0.1) is 17.7 Å². The van der Waals surface area contributed by atoms with Crippen molar-refractivity contribution >= 4 is 33.2 Å². The topological polar surface area (TPSA) is 105 Å². The minimum absolute atomic E-state index is 0.0120. The van der Waals surface area contributed by atoms with Gasteiger partial charge in [0, 0.05) is 31.6 Å². The van der Waals surface area contributed by atoms with E-state index in [1.54, 1.807) is 41.3 Å². The molecule has 3 rings (SSSR count). The molecule has 0 radical (unpaired) electrons. The Balaban J connectivity index is 1.62. The van der Waals surface area contributed by atoms with Gasteiger partial charge in [-0.3, -0.25) is 9.59 Å². The van der Waals surface area contributed by atoms with Gasteiger partial charge in [-0.25, -0.2) is 13.1 Å². The van der Waals surface area contributed by atoms with Crippen LogP contribution in [-0.2, 0) is 26.0 Å². The molecule has 0 aromatic heterocycles. The monoisotopic (exact) mass is 431 g/mol. The van der Waals surface area contributed by atoms with Gasteiger partial charge in [-0.1, -0.05) is 12.1 Å². The molecule has 160 valence electrons. The fourth-order valence-electron chi connectivity index (χ4n) is 3.60. The quantitative estimate of drug-likeness (QED) is 0.700. The first-order chi connectivity index (χ1) is 14.2. The van der Waals surface area contributed by atoms with Gasteiger partial charge in [0.1, 0.15) is 5.75 Å². The summed E-state index contributed by atoms with van der Waals surface area (Å²) < 4.78 is 32.9. The molecule has 0 aliphatic carbocycles. The Hall–Kier alpha value is -2.91. The predicted octanol–water partition coefficient (Wildman–Crippen LogP) is 2.30. The van der Waals surface area contributed by atoms with Crippen LogP contribution in [0.1, 0.15) is 25.8 Å². The Bertz CT molecular complexity index is 1070. The lowest BCUT2D eigenvalue weighted by Gasteiger charge is -2.20. The van der Waals surface area contributed by atoms with E-state index in [0.717, 1.165) is 11.3 Å². The summed E-state index contributed by atoms with van der Waals surface area (Å²) in [7, 11) is -2.27. The van der Waals surface area contributed by atoms with Crippen molar-refractivity contribution in [3.63, 3.8) is 0 Å². The van der Waals surface area contributed by atoms with Crippen LogP contribution >= 0.6 is 0 Å². The Kier molecular flexibility index (Phi) is 6.42. The number of methoxy groups -OCH3 is 1. The molecule has 9 heteroatoms. The second kappa shape index (κ2) is 8.85. The van der Waals surface area contributed by atoms with Crippen LogP contribution in [-0.4, -0.2) is 39.9 Å². The number of amides is 2. The summed E-state index contributed by atoms with van der Waals surface area (Å²) in [5.74, 6) is 0.122. The van der Waals surface area contributed by atoms with Crippen LogP contribution < -0.4 is 19.7 Å². The molecule has 0 saturated carbocycles. The lowest BCUT2D eigenvalue weighted by molar-refractivity contribution is -0.117. The zero-order valence-electron chi connectivity index (χ0n) is 17.1. The minimum atomic E-state index is -3.78. The molecule has 1 heterocycles. The van der Waals surface area contributed by atoms with Gasteiger partial charge in [-0.15, -0.1) is 0 Å². The van der Waals surface area contributed by atoms with E-state index in [-0.39, 0.29) is 35.7 Å². The molecule has 1 aliphatic rings. The summed E-state index contributed by atoms with van der Waals surface area (Å²) >= 11 is 0. The molecule has 1 aliphatic heterocycles. The Morgan fingerprint density at radius 3 is 2.63 bits per heavy atom. The maximum atomic E-state index is 12.6. The molecule has 30 heavy (non-hydrogen) atoms. The molecule has 1 atom stereocenters. The van der Waals surface area contributed by atoms with E-state index in [1.165, 1.54) is 20.1 Å². The zero-order chi connectivity index (χ0) is 21.9. The van der Waals surface area contributed by atoms with Crippen LogP contribution in [0.5, 0.6) is 5.75 Å². The van der Waals surface area contributed by atoms with Crippen LogP contribution in [0.4, 0.5) is 11.4 Å². The fourth-order valence-corrected chi connectivity index (χ4v) is 4.68. The number of fused-ring (bicyclic) bond motifs is 1. The average molecular weight is 432 g/mol. The Morgan fingerprint density at radius 2 is 1.93 bits per heavy atom. The van der Waals surface area contributed by atoms with Crippen molar-refractivity contribution in [1.29, 1.82) is 0 Å². The van der Waals surface area contributed by atoms with Crippen LogP contribution in [0.2, 0.25) is 0 Å². The summed E-state index contributed by atoms with van der Waals surface area (Å²) in [5.41, 5.74) is 2.08. The first-order valence-electron chi connectivity index (χ1n) is 9.58. The van der Waals surface area contributed by atoms with Crippen LogP contribution in [0, 0.1) is 0 Å². The Morgan fingerprint density at radius 1 is 1.20 bits per heavy atom. The summed E-state index contributed by atoms with van der Waals surface area (Å²) in [6.07, 6.45) is 0.566. The molecule has 0 fully saturated rings. The summed E-state index contributed by atoms with van der Waals surface area (Å²) in [6.45, 7) is 3.37. The number of para-hydroxylation sites is 2. The van der Waals surface area contributed by atoms with E-state index in [0.29, 0.717) is 17.9 Å². The van der Waals surface area contributed by atoms with Crippen molar-refractivity contribution in [2.24, 2.45) is 0 Å². The number of nitrogens with zero attached hydrogens (tertiary/aromatic N) is 1. The van der Waals surface area contributed by atoms with Gasteiger partial charge in [0.25, 0.3) is 0 Å². The summed E-state index contributed by atoms with van der Waals surface area (Å²) in [5, 5.41) is 2.71. The lowest BCUT2D eigenvalue weighted by atomic mass is 10.1. The standard InChI is InChI=1S/C21H25N3O5S/c1-14-12-16-13-17(8-9-19(16)24(14)15(2)25)30(27,28)22-11-10-21(26)23-18-6-4-5-7-20(18)29-3/h4-9,13-14,22H,10-12H2,1-3H3,(H,23,26)/t14-/m1/s1. The van der Waals surface area contributed by atoms with Crippen molar-refractivity contribution < 1.29 is 22.7 Å². The number of nitrogens with one attached hydrogen (secondary N) is 2. The highest BCUT2D eigenvalue weighted by Gasteiger charge is 2.30. The van der Waals surface area contributed by atoms with E-state index in [2.05, 4.69) is 10.0 Å². The number of ether oxygens (including phenoxy) is 1. The first-order valence-corrected chi connectivity index (χ1v) is 11.1. The first kappa shape index (κ1) is 21.8. The zero-order valence-corrected chi connectivity index (χ0v) is 18.0. The number of sulfonamides is 1. The molecule has 8 nitrogen and oxygen atoms in total. The molecular weight excluding hydrogens is 406 g/mol. The maximum absolute atomic E-state index is 12.6. The van der Waals surface area contributed by atoms with Gasteiger partial charge < -0.3 is 15.0 Å². The predicted molar refractivity (Wildman–Crippen MR) is 114 cm³/mol. The number of carbonyl (C=O) groups excluding carboxylic acids is 2. The highest BCUT2D eigenvalue weighted by Crippen LogP contribution is 2.33. The number of rotatable bonds is 7. The third kappa shape index (κ3) is 4.63. The van der Waals surface area contributed by atoms with Gasteiger partial charge in [0.15, 0.2) is 0 Å². The molecule has 2 amide bonds. The van der Waals surface area contributed by atoms with Crippen molar-refractivity contribution in [3.05, 3.63) is 48.0 Å². The SMILES string of the molecule is COc1ccccc1NC(=O)CCNS(=O)(=O)c1ccc2c(c1)C[C@@H](C)N2C(C)=O. The smallest absolute Gasteiger partial charge is 0.240 e. The second-order valence-electron chi connectivity index (χ2n) is 7.13. The third-order valence-electron chi connectivity index (χ3n) is 4.94. The minimum Gasteiger partial charge on any atom is -0.495 e. The van der Waals surface area contributed by atoms with Crippen LogP contribution in [0.3, 0.4) is 0 Å². The van der Waals surface area contributed by atoms with Crippen molar-refractivity contribution in [1.82, 2.24) is 4.72 Å². The summed E-state index contributed by atoms with van der Waals surface area (Å²) in [6, 6.07) is 11.7. The van der Waals surface area contributed by atoms with E-state index in [9.17, 15) is 18.0 Å². The normalized spacial score (nSPS) is 15.6. The molecule has 2 N–H and O–H groups in total. The molecule has 0 spiro atoms. The van der Waals surface area contributed by atoms with Crippen LogP contribution in [0.15, 0.2) is 47.4 Å². The van der Waals surface area contributed by atoms with Crippen molar-refractivity contribution in [3.8, 4) is 5.75 Å². The molecule has 0 saturated heterocycles. The number of hydrogen-bond donors (Lipinski definition) is 2. The second-order valence-corrected chi connectivity index (χ2v) is 8.90. The lowest BCUT2D eigenvalue weighted by Crippen LogP contribution is -2.33. The van der Waals surface area contributed by atoms with Crippen molar-refractivity contribution in [2.45, 2.75) is 37.6 Å². The van der Waals surface area contributed by atoms with Gasteiger partial charge in [-0.05, 0) is 49.2 Å². The number of hydrogen-bond acceptors (Lipinski definition) is 5. The molecular formula is C21H25N3O5S. The number of anilines is 2. The average Bonchev–Trinajstić information content (AvgIpc) is 3.03. The van der Waals surface area contributed by atoms with E-state index in [4.69, 9.17) is 4.74 Å².